The van der Waals surface area contributed by atoms with Crippen LogP contribution in [0.3, 0.4) is 0 Å². The molecule has 0 amide bonds. The average Bonchev–Trinajstić information content (AvgIpc) is 2.73. The van der Waals surface area contributed by atoms with Gasteiger partial charge in [-0.25, -0.2) is 20.8 Å². The van der Waals surface area contributed by atoms with Gasteiger partial charge in [-0.1, -0.05) is 0 Å². The number of aromatic nitrogens is 3. The van der Waals surface area contributed by atoms with Gasteiger partial charge in [0, 0.05) is 17.1 Å². The molecule has 0 unspecified atom stereocenters. The fourth-order valence-corrected chi connectivity index (χ4v) is 1.91. The zero-order valence-corrected chi connectivity index (χ0v) is 9.58. The highest BCUT2D eigenvalue weighted by Gasteiger charge is 2.00. The molecule has 84 valence electrons. The zero-order valence-electron chi connectivity index (χ0n) is 8.77. The van der Waals surface area contributed by atoms with E-state index in [1.807, 2.05) is 13.1 Å². The fraction of sp³-hybridized carbons (Fsp3) is 0.222. The van der Waals surface area contributed by atoms with Gasteiger partial charge < -0.3 is 10.7 Å². The molecule has 0 bridgehead atoms. The Balaban J connectivity index is 1.99. The summed E-state index contributed by atoms with van der Waals surface area (Å²) in [6.07, 6.45) is 3.30. The lowest BCUT2D eigenvalue weighted by molar-refractivity contribution is 1.05. The standard InChI is InChI=1S/C9H12N6S/c1-6-3-12-9(16-6)4-11-7-2-8(15-10)14-5-13-7/h2-3,5H,4,10H2,1H3,(H2,11,13,14,15). The van der Waals surface area contributed by atoms with Gasteiger partial charge in [0.25, 0.3) is 0 Å². The minimum Gasteiger partial charge on any atom is -0.363 e. The number of hydrogen-bond acceptors (Lipinski definition) is 7. The predicted molar refractivity (Wildman–Crippen MR) is 64.0 cm³/mol. The number of hydrogen-bond donors (Lipinski definition) is 3. The number of aryl methyl sites for hydroxylation is 1. The minimum atomic E-state index is 0.577. The molecule has 0 aromatic carbocycles. The van der Waals surface area contributed by atoms with E-state index in [1.54, 1.807) is 17.4 Å². The van der Waals surface area contributed by atoms with E-state index in [0.29, 0.717) is 12.4 Å². The van der Waals surface area contributed by atoms with Crippen molar-refractivity contribution in [3.8, 4) is 0 Å². The second-order valence-electron chi connectivity index (χ2n) is 3.15. The maximum Gasteiger partial charge on any atom is 0.145 e. The molecule has 0 aliphatic carbocycles. The Morgan fingerprint density at radius 2 is 2.12 bits per heavy atom. The maximum absolute atomic E-state index is 5.25. The van der Waals surface area contributed by atoms with Crippen LogP contribution in [-0.2, 0) is 6.54 Å². The van der Waals surface area contributed by atoms with E-state index in [4.69, 9.17) is 5.84 Å². The van der Waals surface area contributed by atoms with Crippen LogP contribution in [-0.4, -0.2) is 15.0 Å². The van der Waals surface area contributed by atoms with Crippen LogP contribution in [0.4, 0.5) is 11.6 Å². The van der Waals surface area contributed by atoms with Crippen molar-refractivity contribution in [1.82, 2.24) is 15.0 Å². The Morgan fingerprint density at radius 3 is 2.81 bits per heavy atom. The summed E-state index contributed by atoms with van der Waals surface area (Å²) in [5.41, 5.74) is 2.47. The Kier molecular flexibility index (Phi) is 3.28. The number of nitrogens with two attached hydrogens (primary N) is 1. The number of nitrogen functional groups attached to an aromatic ring is 1. The monoisotopic (exact) mass is 236 g/mol. The first kappa shape index (κ1) is 10.8. The Labute approximate surface area is 96.9 Å². The Morgan fingerprint density at radius 1 is 1.31 bits per heavy atom. The molecule has 0 saturated carbocycles. The second kappa shape index (κ2) is 4.86. The van der Waals surface area contributed by atoms with Crippen LogP contribution in [0.2, 0.25) is 0 Å². The van der Waals surface area contributed by atoms with E-state index >= 15 is 0 Å². The fourth-order valence-electron chi connectivity index (χ4n) is 1.18. The first-order chi connectivity index (χ1) is 7.78. The van der Waals surface area contributed by atoms with Crippen molar-refractivity contribution >= 4 is 23.0 Å². The van der Waals surface area contributed by atoms with Crippen LogP contribution in [0, 0.1) is 6.92 Å². The van der Waals surface area contributed by atoms with E-state index < -0.39 is 0 Å². The van der Waals surface area contributed by atoms with E-state index in [-0.39, 0.29) is 0 Å². The molecule has 2 aromatic rings. The van der Waals surface area contributed by atoms with Gasteiger partial charge in [-0.05, 0) is 6.92 Å². The highest BCUT2D eigenvalue weighted by atomic mass is 32.1. The molecule has 16 heavy (non-hydrogen) atoms. The van der Waals surface area contributed by atoms with Gasteiger partial charge in [-0.3, -0.25) is 0 Å². The van der Waals surface area contributed by atoms with Gasteiger partial charge >= 0.3 is 0 Å². The number of hydrazine groups is 1. The number of anilines is 2. The molecule has 6 nitrogen and oxygen atoms in total. The van der Waals surface area contributed by atoms with E-state index in [0.717, 1.165) is 10.8 Å². The molecule has 2 aromatic heterocycles. The van der Waals surface area contributed by atoms with E-state index in [2.05, 4.69) is 25.7 Å². The van der Waals surface area contributed by atoms with Crippen LogP contribution >= 0.6 is 11.3 Å². The van der Waals surface area contributed by atoms with Gasteiger partial charge in [0.2, 0.25) is 0 Å². The molecule has 0 fully saturated rings. The third-order valence-electron chi connectivity index (χ3n) is 1.90. The molecule has 0 aliphatic heterocycles. The summed E-state index contributed by atoms with van der Waals surface area (Å²) < 4.78 is 0. The molecule has 0 radical (unpaired) electrons. The van der Waals surface area contributed by atoms with E-state index in [9.17, 15) is 0 Å². The Hall–Kier alpha value is -1.73. The molecule has 0 saturated heterocycles. The number of nitrogens with one attached hydrogen (secondary N) is 2. The predicted octanol–water partition coefficient (Wildman–Crippen LogP) is 1.14. The van der Waals surface area contributed by atoms with E-state index in [1.165, 1.54) is 11.2 Å². The third kappa shape index (κ3) is 2.65. The van der Waals surface area contributed by atoms with Crippen LogP contribution in [0.5, 0.6) is 0 Å². The van der Waals surface area contributed by atoms with Crippen molar-refractivity contribution in [3.63, 3.8) is 0 Å². The van der Waals surface area contributed by atoms with Crippen LogP contribution < -0.4 is 16.6 Å². The lowest BCUT2D eigenvalue weighted by Crippen LogP contribution is -2.09. The molecular formula is C9H12N6S. The van der Waals surface area contributed by atoms with Crippen molar-refractivity contribution < 1.29 is 0 Å². The number of nitrogens with zero attached hydrogens (tertiary/aromatic N) is 3. The second-order valence-corrected chi connectivity index (χ2v) is 4.47. The van der Waals surface area contributed by atoms with Gasteiger partial charge in [-0.15, -0.1) is 11.3 Å². The molecule has 2 rings (SSSR count). The SMILES string of the molecule is Cc1cnc(CNc2cc(NN)ncn2)s1. The van der Waals surface area contributed by atoms with Gasteiger partial charge in [0.05, 0.1) is 6.54 Å². The summed E-state index contributed by atoms with van der Waals surface area (Å²) in [6, 6.07) is 1.74. The summed E-state index contributed by atoms with van der Waals surface area (Å²) in [6.45, 7) is 2.68. The van der Waals surface area contributed by atoms with Crippen molar-refractivity contribution in [3.05, 3.63) is 28.5 Å². The summed E-state index contributed by atoms with van der Waals surface area (Å²) in [5.74, 6) is 6.55. The molecule has 0 atom stereocenters. The molecule has 0 aliphatic rings. The van der Waals surface area contributed by atoms with Crippen LogP contribution in [0.15, 0.2) is 18.6 Å². The molecule has 2 heterocycles. The summed E-state index contributed by atoms with van der Waals surface area (Å²) in [5, 5.41) is 4.18. The highest BCUT2D eigenvalue weighted by molar-refractivity contribution is 7.11. The summed E-state index contributed by atoms with van der Waals surface area (Å²) in [7, 11) is 0. The van der Waals surface area contributed by atoms with Crippen molar-refractivity contribution in [2.24, 2.45) is 5.84 Å². The Bertz CT molecular complexity index is 469. The van der Waals surface area contributed by atoms with Crippen LogP contribution in [0.1, 0.15) is 9.88 Å². The average molecular weight is 236 g/mol. The quantitative estimate of drug-likeness (QED) is 0.545. The number of rotatable bonds is 4. The maximum atomic E-state index is 5.25. The van der Waals surface area contributed by atoms with Gasteiger partial charge in [0.15, 0.2) is 0 Å². The van der Waals surface area contributed by atoms with Gasteiger partial charge in [-0.2, -0.15) is 0 Å². The lowest BCUT2D eigenvalue weighted by Gasteiger charge is -2.04. The molecule has 0 spiro atoms. The number of thiazole rings is 1. The summed E-state index contributed by atoms with van der Waals surface area (Å²) in [4.78, 5) is 13.4. The van der Waals surface area contributed by atoms with Crippen molar-refractivity contribution in [1.29, 1.82) is 0 Å². The third-order valence-corrected chi connectivity index (χ3v) is 2.82. The summed E-state index contributed by atoms with van der Waals surface area (Å²) >= 11 is 1.66. The molecular weight excluding hydrogens is 224 g/mol. The topological polar surface area (TPSA) is 88.8 Å². The largest absolute Gasteiger partial charge is 0.363 e. The highest BCUT2D eigenvalue weighted by Crippen LogP contribution is 2.13. The first-order valence-electron chi connectivity index (χ1n) is 4.72. The minimum absolute atomic E-state index is 0.577. The first-order valence-corrected chi connectivity index (χ1v) is 5.53. The molecule has 4 N–H and O–H groups in total. The van der Waals surface area contributed by atoms with Crippen molar-refractivity contribution in [2.75, 3.05) is 10.7 Å². The smallest absolute Gasteiger partial charge is 0.145 e. The lowest BCUT2D eigenvalue weighted by atomic mass is 10.5. The normalized spacial score (nSPS) is 10.1. The zero-order chi connectivity index (χ0) is 11.4. The van der Waals surface area contributed by atoms with Gasteiger partial charge in [0.1, 0.15) is 23.0 Å². The molecule has 7 heteroatoms. The van der Waals surface area contributed by atoms with Crippen LogP contribution in [0.25, 0.3) is 0 Å². The van der Waals surface area contributed by atoms with Crippen molar-refractivity contribution in [2.45, 2.75) is 13.5 Å².